The minimum absolute atomic E-state index is 0.310. The highest BCUT2D eigenvalue weighted by atomic mass is 16.5. The van der Waals surface area contributed by atoms with E-state index in [0.717, 1.165) is 28.2 Å². The van der Waals surface area contributed by atoms with Gasteiger partial charge in [0, 0.05) is 29.4 Å². The summed E-state index contributed by atoms with van der Waals surface area (Å²) in [5.74, 6) is -0.417. The minimum atomic E-state index is -0.417. The van der Waals surface area contributed by atoms with Crippen LogP contribution in [0.4, 0.5) is 0 Å². The van der Waals surface area contributed by atoms with Crippen molar-refractivity contribution in [1.82, 2.24) is 19.5 Å². The Labute approximate surface area is 145 Å². The van der Waals surface area contributed by atoms with Crippen molar-refractivity contribution in [3.8, 4) is 16.9 Å². The van der Waals surface area contributed by atoms with E-state index in [2.05, 4.69) is 45.5 Å². The van der Waals surface area contributed by atoms with Crippen molar-refractivity contribution >= 4 is 5.97 Å². The first-order valence-electron chi connectivity index (χ1n) is 8.24. The van der Waals surface area contributed by atoms with Crippen LogP contribution in [0.1, 0.15) is 39.8 Å². The second kappa shape index (κ2) is 5.81. The fraction of sp³-hybridized carbons (Fsp3) is 0.263. The molecular weight excluding hydrogens is 316 g/mol. The number of imidazole rings is 1. The van der Waals surface area contributed by atoms with E-state index in [9.17, 15) is 4.79 Å². The highest BCUT2D eigenvalue weighted by molar-refractivity contribution is 5.92. The van der Waals surface area contributed by atoms with Gasteiger partial charge >= 0.3 is 5.97 Å². The van der Waals surface area contributed by atoms with Crippen molar-refractivity contribution in [3.63, 3.8) is 0 Å². The number of nitrogens with zero attached hydrogens (tertiary/aromatic N) is 4. The predicted octanol–water partition coefficient (Wildman–Crippen LogP) is 3.03. The van der Waals surface area contributed by atoms with Crippen LogP contribution in [0.25, 0.3) is 16.9 Å². The van der Waals surface area contributed by atoms with Crippen LogP contribution in [0, 0.1) is 13.8 Å². The third-order valence-corrected chi connectivity index (χ3v) is 4.61. The molecule has 0 amide bonds. The molecule has 4 rings (SSSR count). The molecule has 6 nitrogen and oxygen atoms in total. The number of aromatic nitrogens is 4. The van der Waals surface area contributed by atoms with Crippen LogP contribution in [0.15, 0.2) is 31.0 Å². The summed E-state index contributed by atoms with van der Waals surface area (Å²) in [6.07, 6.45) is 5.57. The zero-order chi connectivity index (χ0) is 17.6. The first-order valence-corrected chi connectivity index (χ1v) is 8.24. The Kier molecular flexibility index (Phi) is 3.60. The first kappa shape index (κ1) is 15.5. The van der Waals surface area contributed by atoms with Gasteiger partial charge in [-0.15, -0.1) is 0 Å². The number of hydrogen-bond acceptors (Lipinski definition) is 5. The molecule has 0 fully saturated rings. The maximum atomic E-state index is 12.4. The molecule has 0 spiro atoms. The third kappa shape index (κ3) is 2.41. The molecule has 1 aliphatic rings. The van der Waals surface area contributed by atoms with Gasteiger partial charge in [-0.2, -0.15) is 0 Å². The van der Waals surface area contributed by atoms with Crippen molar-refractivity contribution in [1.29, 1.82) is 0 Å². The first-order chi connectivity index (χ1) is 12.1. The largest absolute Gasteiger partial charge is 0.461 e. The van der Waals surface area contributed by atoms with Crippen LogP contribution >= 0.6 is 0 Å². The summed E-state index contributed by atoms with van der Waals surface area (Å²) in [5.41, 5.74) is 7.23. The monoisotopic (exact) mass is 334 g/mol. The molecule has 0 saturated carbocycles. The van der Waals surface area contributed by atoms with Crippen LogP contribution in [-0.2, 0) is 11.2 Å². The Hall–Kier alpha value is -3.02. The number of hydrogen-bond donors (Lipinski definition) is 0. The molecule has 1 aliphatic heterocycles. The molecule has 0 radical (unpaired) electrons. The third-order valence-electron chi connectivity index (χ3n) is 4.61. The van der Waals surface area contributed by atoms with Gasteiger partial charge in [0.05, 0.1) is 24.3 Å². The van der Waals surface area contributed by atoms with Crippen molar-refractivity contribution in [3.05, 3.63) is 59.1 Å². The van der Waals surface area contributed by atoms with Gasteiger partial charge in [-0.25, -0.2) is 19.7 Å². The normalized spacial score (nSPS) is 12.0. The lowest BCUT2D eigenvalue weighted by atomic mass is 9.97. The highest BCUT2D eigenvalue weighted by Gasteiger charge is 2.26. The van der Waals surface area contributed by atoms with E-state index < -0.39 is 5.97 Å². The van der Waals surface area contributed by atoms with Gasteiger partial charge in [-0.1, -0.05) is 0 Å². The Morgan fingerprint density at radius 2 is 2.04 bits per heavy atom. The zero-order valence-corrected chi connectivity index (χ0v) is 14.4. The molecular formula is C19H18N4O2. The van der Waals surface area contributed by atoms with Crippen molar-refractivity contribution < 1.29 is 9.53 Å². The van der Waals surface area contributed by atoms with Gasteiger partial charge in [-0.05, 0) is 44.0 Å². The summed E-state index contributed by atoms with van der Waals surface area (Å²) in [6, 6.07) is 4.25. The second-order valence-corrected chi connectivity index (χ2v) is 6.16. The molecule has 0 unspecified atom stereocenters. The molecule has 3 heterocycles. The van der Waals surface area contributed by atoms with Crippen LogP contribution in [0.2, 0.25) is 0 Å². The zero-order valence-electron chi connectivity index (χ0n) is 14.4. The van der Waals surface area contributed by atoms with Crippen molar-refractivity contribution in [2.24, 2.45) is 0 Å². The minimum Gasteiger partial charge on any atom is -0.461 e. The average molecular weight is 334 g/mol. The topological polar surface area (TPSA) is 69.9 Å². The van der Waals surface area contributed by atoms with E-state index in [-0.39, 0.29) is 0 Å². The Balaban J connectivity index is 2.04. The van der Waals surface area contributed by atoms with E-state index in [1.165, 1.54) is 17.5 Å². The predicted molar refractivity (Wildman–Crippen MR) is 92.8 cm³/mol. The summed E-state index contributed by atoms with van der Waals surface area (Å²) >= 11 is 0. The van der Waals surface area contributed by atoms with E-state index in [4.69, 9.17) is 4.74 Å². The molecule has 0 aliphatic carbocycles. The van der Waals surface area contributed by atoms with E-state index in [1.807, 2.05) is 6.20 Å². The summed E-state index contributed by atoms with van der Waals surface area (Å²) in [6.45, 7) is 6.25. The van der Waals surface area contributed by atoms with E-state index >= 15 is 0 Å². The number of fused-ring (bicyclic) bond motifs is 5. The van der Waals surface area contributed by atoms with Crippen LogP contribution in [0.5, 0.6) is 0 Å². The summed E-state index contributed by atoms with van der Waals surface area (Å²) in [4.78, 5) is 25.4. The number of esters is 1. The fourth-order valence-corrected chi connectivity index (χ4v) is 3.23. The summed E-state index contributed by atoms with van der Waals surface area (Å²) in [7, 11) is 0. The van der Waals surface area contributed by atoms with Gasteiger partial charge in [-0.3, -0.25) is 0 Å². The van der Waals surface area contributed by atoms with Gasteiger partial charge < -0.3 is 9.30 Å². The van der Waals surface area contributed by atoms with Crippen LogP contribution < -0.4 is 0 Å². The molecule has 0 atom stereocenters. The number of carbonyl (C=O) groups excluding carboxylic acids is 1. The average Bonchev–Trinajstić information content (AvgIpc) is 3.01. The second-order valence-electron chi connectivity index (χ2n) is 6.16. The van der Waals surface area contributed by atoms with E-state index in [0.29, 0.717) is 18.7 Å². The SMILES string of the molecule is CCOC(=O)c1ncnc2c1Cc1cncn1-c1cc(C)c(C)cc1-2. The molecule has 0 saturated heterocycles. The maximum Gasteiger partial charge on any atom is 0.357 e. The number of aryl methyl sites for hydroxylation is 2. The Morgan fingerprint density at radius 3 is 2.84 bits per heavy atom. The number of ether oxygens (including phenoxy) is 1. The van der Waals surface area contributed by atoms with Gasteiger partial charge in [0.25, 0.3) is 0 Å². The quantitative estimate of drug-likeness (QED) is 0.527. The molecule has 3 aromatic rings. The van der Waals surface area contributed by atoms with Gasteiger partial charge in [0.2, 0.25) is 0 Å². The molecule has 1 aromatic carbocycles. The standard InChI is InChI=1S/C19H18N4O2/c1-4-25-19(24)18-15-7-13-8-20-10-23(13)16-6-12(3)11(2)5-14(16)17(15)21-9-22-18/h5-6,8-10H,4,7H2,1-3H3. The summed E-state index contributed by atoms with van der Waals surface area (Å²) < 4.78 is 7.24. The molecule has 126 valence electrons. The lowest BCUT2D eigenvalue weighted by molar-refractivity contribution is 0.0518. The number of benzene rings is 1. The van der Waals surface area contributed by atoms with Gasteiger partial charge in [0.1, 0.15) is 6.33 Å². The molecule has 0 N–H and O–H groups in total. The lowest BCUT2D eigenvalue weighted by Gasteiger charge is -2.13. The molecule has 6 heteroatoms. The number of carbonyl (C=O) groups is 1. The Morgan fingerprint density at radius 1 is 1.24 bits per heavy atom. The summed E-state index contributed by atoms with van der Waals surface area (Å²) in [5, 5.41) is 0. The molecule has 2 aromatic heterocycles. The van der Waals surface area contributed by atoms with Crippen LogP contribution in [0.3, 0.4) is 0 Å². The lowest BCUT2D eigenvalue weighted by Crippen LogP contribution is -2.12. The maximum absolute atomic E-state index is 12.4. The number of rotatable bonds is 2. The van der Waals surface area contributed by atoms with Crippen molar-refractivity contribution in [2.75, 3.05) is 6.61 Å². The highest BCUT2D eigenvalue weighted by Crippen LogP contribution is 2.36. The fourth-order valence-electron chi connectivity index (χ4n) is 3.23. The Bertz CT molecular complexity index is 991. The van der Waals surface area contributed by atoms with Gasteiger partial charge in [0.15, 0.2) is 5.69 Å². The van der Waals surface area contributed by atoms with Crippen LogP contribution in [-0.4, -0.2) is 32.1 Å². The molecule has 25 heavy (non-hydrogen) atoms. The van der Waals surface area contributed by atoms with Crippen molar-refractivity contribution in [2.45, 2.75) is 27.2 Å². The van der Waals surface area contributed by atoms with E-state index in [1.54, 1.807) is 13.3 Å². The smallest absolute Gasteiger partial charge is 0.357 e. The molecule has 0 bridgehead atoms.